The lowest BCUT2D eigenvalue weighted by Crippen LogP contribution is -2.78. The highest BCUT2D eigenvalue weighted by molar-refractivity contribution is 5.80. The maximum Gasteiger partial charge on any atom is 0.161 e. The molecule has 29 unspecified atom stereocenters. The summed E-state index contributed by atoms with van der Waals surface area (Å²) in [4.78, 5) is 12.8. The van der Waals surface area contributed by atoms with Gasteiger partial charge in [-0.15, -0.1) is 0 Å². The van der Waals surface area contributed by atoms with Crippen LogP contribution in [0.4, 0.5) is 0 Å². The molecule has 0 aromatic carbocycles. The molecule has 5 N–H and O–H groups in total. The Labute approximate surface area is 454 Å². The van der Waals surface area contributed by atoms with Crippen LogP contribution in [0, 0.1) is 22.7 Å². The van der Waals surface area contributed by atoms with Crippen molar-refractivity contribution in [2.24, 2.45) is 22.7 Å². The Morgan fingerprint density at radius 3 is 1.34 bits per heavy atom. The third-order valence-corrected chi connectivity index (χ3v) is 20.2. The van der Waals surface area contributed by atoms with Crippen molar-refractivity contribution in [3.63, 3.8) is 0 Å². The molecule has 8 fully saturated rings. The van der Waals surface area contributed by atoms with E-state index in [4.69, 9.17) is 71.1 Å². The summed E-state index contributed by atoms with van der Waals surface area (Å²) in [6, 6.07) is 0. The van der Waals surface area contributed by atoms with E-state index < -0.39 is 157 Å². The third-order valence-electron chi connectivity index (χ3n) is 20.2. The van der Waals surface area contributed by atoms with E-state index in [1.165, 1.54) is 6.92 Å². The number of aliphatic hydroxyl groups excluding tert-OH is 3. The highest BCUT2D eigenvalue weighted by Gasteiger charge is 2.79. The lowest BCUT2D eigenvalue weighted by molar-refractivity contribution is -0.352. The van der Waals surface area contributed by atoms with E-state index in [9.17, 15) is 30.3 Å². The number of aliphatic hydroxyl groups is 5. The minimum Gasteiger partial charge on any atom is -0.392 e. The smallest absolute Gasteiger partial charge is 0.161 e. The molecule has 21 heteroatoms. The van der Waals surface area contributed by atoms with Crippen LogP contribution in [0.1, 0.15) is 126 Å². The monoisotopic (exact) mass is 1100 g/mol. The van der Waals surface area contributed by atoms with Gasteiger partial charge in [0, 0.05) is 84.9 Å². The lowest BCUT2D eigenvalue weighted by atomic mass is 9.42. The van der Waals surface area contributed by atoms with Crippen molar-refractivity contribution in [2.45, 2.75) is 279 Å². The Balaban J connectivity index is 0.758. The van der Waals surface area contributed by atoms with Gasteiger partial charge in [0.25, 0.3) is 0 Å². The molecule has 0 aromatic rings. The number of methoxy groups -OCH3 is 5. The summed E-state index contributed by atoms with van der Waals surface area (Å²) in [5.74, 6) is -1.55. The zero-order chi connectivity index (χ0) is 55.7. The topological polar surface area (TPSA) is 257 Å². The highest BCUT2D eigenvalue weighted by atomic mass is 16.8. The summed E-state index contributed by atoms with van der Waals surface area (Å²) in [5.41, 5.74) is -4.72. The molecule has 77 heavy (non-hydrogen) atoms. The van der Waals surface area contributed by atoms with E-state index in [-0.39, 0.29) is 43.4 Å². The average molecular weight is 1100 g/mol. The fourth-order valence-electron chi connectivity index (χ4n) is 15.7. The SMILES string of the molecule is COC1CC(OC2C(C)OC(OC3C(C)OC(OC4C(C)OC(OC5C(C)OC(OC6CCC7(C)C(=CCC8(O)C7CC(O)C7(C)C(C(C)=O)CC(O)C87O)C6)CC5OC)CC4OC)CC3OC)CC2OC)OC(C)C1O. The number of hydrogen-bond donors (Lipinski definition) is 5. The number of ether oxygens (including phenoxy) is 15. The number of Topliss-reactive ketones (excluding diaryl/α,β-unsaturated/α-hetero) is 1. The molecule has 4 aliphatic carbocycles. The van der Waals surface area contributed by atoms with Gasteiger partial charge in [-0.05, 0) is 85.5 Å². The zero-order valence-electron chi connectivity index (χ0n) is 47.6. The highest BCUT2D eigenvalue weighted by Crippen LogP contribution is 2.69. The molecule has 9 rings (SSSR count). The van der Waals surface area contributed by atoms with Crippen LogP contribution >= 0.6 is 0 Å². The molecule has 0 radical (unpaired) electrons. The van der Waals surface area contributed by atoms with Gasteiger partial charge in [0.1, 0.15) is 47.5 Å². The first-order valence-corrected chi connectivity index (χ1v) is 28.4. The van der Waals surface area contributed by atoms with Gasteiger partial charge in [-0.3, -0.25) is 4.79 Å². The van der Waals surface area contributed by atoms with Crippen LogP contribution in [-0.4, -0.2) is 219 Å². The molecule has 442 valence electrons. The Morgan fingerprint density at radius 2 is 0.935 bits per heavy atom. The van der Waals surface area contributed by atoms with E-state index >= 15 is 0 Å². The Kier molecular flexibility index (Phi) is 18.5. The molecule has 9 aliphatic rings. The second kappa shape index (κ2) is 23.7. The molecule has 0 bridgehead atoms. The largest absolute Gasteiger partial charge is 0.392 e. The second-order valence-corrected chi connectivity index (χ2v) is 24.3. The van der Waals surface area contributed by atoms with Gasteiger partial charge in [0.05, 0.1) is 79.4 Å². The van der Waals surface area contributed by atoms with Crippen LogP contribution in [0.5, 0.6) is 0 Å². The van der Waals surface area contributed by atoms with Crippen LogP contribution in [0.15, 0.2) is 11.6 Å². The van der Waals surface area contributed by atoms with Gasteiger partial charge < -0.3 is 96.6 Å². The fraction of sp³-hybridized carbons (Fsp3) is 0.946. The maximum absolute atomic E-state index is 12.8. The Morgan fingerprint density at radius 1 is 0.545 bits per heavy atom. The molecular formula is C56H92O21. The number of carbonyl (C=O) groups excluding carboxylic acids is 1. The first-order valence-electron chi connectivity index (χ1n) is 28.4. The van der Waals surface area contributed by atoms with Crippen LogP contribution < -0.4 is 0 Å². The maximum atomic E-state index is 12.8. The van der Waals surface area contributed by atoms with Crippen LogP contribution in [0.2, 0.25) is 0 Å². The van der Waals surface area contributed by atoms with Crippen molar-refractivity contribution in [1.29, 1.82) is 0 Å². The molecule has 5 saturated heterocycles. The zero-order valence-corrected chi connectivity index (χ0v) is 47.6. The van der Waals surface area contributed by atoms with E-state index in [0.717, 1.165) is 5.57 Å². The van der Waals surface area contributed by atoms with Crippen molar-refractivity contribution in [3.05, 3.63) is 11.6 Å². The van der Waals surface area contributed by atoms with Gasteiger partial charge in [0.15, 0.2) is 31.5 Å². The van der Waals surface area contributed by atoms with Crippen molar-refractivity contribution in [2.75, 3.05) is 35.5 Å². The molecule has 5 heterocycles. The molecule has 0 aromatic heterocycles. The lowest BCUT2D eigenvalue weighted by Gasteiger charge is -2.66. The van der Waals surface area contributed by atoms with Gasteiger partial charge in [-0.2, -0.15) is 0 Å². The molecule has 21 nitrogen and oxygen atoms in total. The Bertz CT molecular complexity index is 2030. The number of hydrogen-bond acceptors (Lipinski definition) is 21. The second-order valence-electron chi connectivity index (χ2n) is 24.3. The van der Waals surface area contributed by atoms with Crippen molar-refractivity contribution >= 4 is 5.78 Å². The average Bonchev–Trinajstić information content (AvgIpc) is 3.68. The van der Waals surface area contributed by atoms with Gasteiger partial charge in [0.2, 0.25) is 0 Å². The molecule has 0 spiro atoms. The van der Waals surface area contributed by atoms with Crippen LogP contribution in [-0.2, 0) is 75.8 Å². The molecule has 3 saturated carbocycles. The van der Waals surface area contributed by atoms with Crippen molar-refractivity contribution in [3.8, 4) is 0 Å². The Hall–Kier alpha value is -1.39. The number of fused-ring (bicyclic) bond motifs is 5. The summed E-state index contributed by atoms with van der Waals surface area (Å²) in [5, 5.41) is 58.7. The minimum atomic E-state index is -2.07. The quantitative estimate of drug-likeness (QED) is 0.139. The van der Waals surface area contributed by atoms with Gasteiger partial charge >= 0.3 is 0 Å². The first-order chi connectivity index (χ1) is 36.5. The van der Waals surface area contributed by atoms with Crippen LogP contribution in [0.25, 0.3) is 0 Å². The minimum absolute atomic E-state index is 0.0108. The predicted octanol–water partition coefficient (Wildman–Crippen LogP) is 3.36. The molecule has 5 aliphatic heterocycles. The summed E-state index contributed by atoms with van der Waals surface area (Å²) < 4.78 is 94.4. The normalized spacial score (nSPS) is 53.2. The summed E-state index contributed by atoms with van der Waals surface area (Å²) in [6.45, 7) is 14.6. The van der Waals surface area contributed by atoms with Gasteiger partial charge in [-0.25, -0.2) is 0 Å². The fourth-order valence-corrected chi connectivity index (χ4v) is 15.7. The third kappa shape index (κ3) is 10.8. The standard InChI is InChI=1S/C56H92O21/c1-26(57)34-19-42(59)56(62)54(34,8)41(58)25-40-53(7)16-15-33(18-32(53)14-17-55(40,56)61)73-43-21-36(64-10)49(28(3)69-43)75-45-23-38(66-12)51(30(5)71-45)77-47-24-39(67-13)52(31(6)72-47)76-46-22-37(65-11)50(29(4)70-46)74-44-20-35(63-9)48(60)27(2)68-44/h14,27-31,33-52,58-62H,15-25H2,1-13H3. The summed E-state index contributed by atoms with van der Waals surface area (Å²) in [6.07, 6.45) is -6.73. The van der Waals surface area contributed by atoms with Crippen molar-refractivity contribution < 1.29 is 101 Å². The number of rotatable bonds is 16. The van der Waals surface area contributed by atoms with E-state index in [2.05, 4.69) is 6.92 Å². The number of carbonyl (C=O) groups is 1. The predicted molar refractivity (Wildman–Crippen MR) is 271 cm³/mol. The summed E-state index contributed by atoms with van der Waals surface area (Å²) in [7, 11) is 8.14. The number of ketones is 1. The van der Waals surface area contributed by atoms with Crippen molar-refractivity contribution in [1.82, 2.24) is 0 Å². The van der Waals surface area contributed by atoms with Gasteiger partial charge in [-0.1, -0.05) is 25.5 Å². The molecule has 0 amide bonds. The van der Waals surface area contributed by atoms with E-state index in [0.29, 0.717) is 51.4 Å². The molecule has 29 atom stereocenters. The first kappa shape index (κ1) is 60.2. The summed E-state index contributed by atoms with van der Waals surface area (Å²) >= 11 is 0. The van der Waals surface area contributed by atoms with E-state index in [1.807, 2.05) is 33.8 Å². The van der Waals surface area contributed by atoms with Crippen LogP contribution in [0.3, 0.4) is 0 Å². The van der Waals surface area contributed by atoms with E-state index in [1.54, 1.807) is 49.4 Å². The molecular weight excluding hydrogens is 1010 g/mol.